The first-order chi connectivity index (χ1) is 14.8. The fourth-order valence-corrected chi connectivity index (χ4v) is 4.27. The largest absolute Gasteiger partial charge is 0.506 e. The topological polar surface area (TPSA) is 58.6 Å². The highest BCUT2D eigenvalue weighted by Crippen LogP contribution is 2.39. The van der Waals surface area contributed by atoms with Gasteiger partial charge in [-0.3, -0.25) is 4.79 Å². The molecule has 0 aliphatic heterocycles. The number of carbonyl (C=O) groups is 1. The highest BCUT2D eigenvalue weighted by Gasteiger charge is 2.18. The van der Waals surface area contributed by atoms with Crippen molar-refractivity contribution >= 4 is 73.1 Å². The standard InChI is InChI=1S/C23H13BrCl3NO3/c24-21-15-4-2-1-3-12(15)5-7-20(21)31-19-8-6-13(25)11-18(19)28-23(30)16-9-14(26)10-17(27)22(16)29/h1-11,29H,(H,28,30). The van der Waals surface area contributed by atoms with E-state index < -0.39 is 5.91 Å². The average Bonchev–Trinajstić information content (AvgIpc) is 2.74. The third kappa shape index (κ3) is 4.60. The zero-order valence-corrected chi connectivity index (χ0v) is 19.5. The van der Waals surface area contributed by atoms with Gasteiger partial charge in [0.05, 0.1) is 20.7 Å². The van der Waals surface area contributed by atoms with Crippen molar-refractivity contribution in [2.24, 2.45) is 0 Å². The smallest absolute Gasteiger partial charge is 0.259 e. The molecule has 31 heavy (non-hydrogen) atoms. The Balaban J connectivity index is 1.69. The average molecular weight is 538 g/mol. The molecule has 0 spiro atoms. The molecule has 156 valence electrons. The molecule has 4 rings (SSSR count). The molecule has 0 unspecified atom stereocenters. The van der Waals surface area contributed by atoms with E-state index in [0.29, 0.717) is 22.2 Å². The number of benzene rings is 4. The van der Waals surface area contributed by atoms with Gasteiger partial charge in [-0.15, -0.1) is 0 Å². The summed E-state index contributed by atoms with van der Waals surface area (Å²) in [5.41, 5.74) is 0.239. The van der Waals surface area contributed by atoms with Crippen LogP contribution in [-0.4, -0.2) is 11.0 Å². The monoisotopic (exact) mass is 535 g/mol. The molecule has 4 aromatic carbocycles. The molecule has 0 atom stereocenters. The highest BCUT2D eigenvalue weighted by atomic mass is 79.9. The summed E-state index contributed by atoms with van der Waals surface area (Å²) in [6, 6.07) is 19.1. The van der Waals surface area contributed by atoms with Crippen LogP contribution in [0.25, 0.3) is 10.8 Å². The third-order valence-electron chi connectivity index (χ3n) is 4.51. The van der Waals surface area contributed by atoms with Gasteiger partial charge in [-0.05, 0) is 63.1 Å². The van der Waals surface area contributed by atoms with Gasteiger partial charge in [-0.1, -0.05) is 65.1 Å². The Kier molecular flexibility index (Phi) is 6.30. The molecule has 0 saturated carbocycles. The summed E-state index contributed by atoms with van der Waals surface area (Å²) >= 11 is 21.6. The van der Waals surface area contributed by atoms with E-state index in [0.717, 1.165) is 15.2 Å². The van der Waals surface area contributed by atoms with Gasteiger partial charge in [0.25, 0.3) is 5.91 Å². The summed E-state index contributed by atoms with van der Waals surface area (Å²) in [7, 11) is 0. The van der Waals surface area contributed by atoms with Gasteiger partial charge in [0.15, 0.2) is 5.75 Å². The summed E-state index contributed by atoms with van der Waals surface area (Å²) in [5.74, 6) is -0.0663. The summed E-state index contributed by atoms with van der Waals surface area (Å²) in [5, 5.41) is 15.5. The highest BCUT2D eigenvalue weighted by molar-refractivity contribution is 9.10. The summed E-state index contributed by atoms with van der Waals surface area (Å²) in [6.45, 7) is 0. The molecule has 0 radical (unpaired) electrons. The second kappa shape index (κ2) is 8.97. The molecule has 0 heterocycles. The van der Waals surface area contributed by atoms with Crippen molar-refractivity contribution < 1.29 is 14.6 Å². The first-order valence-corrected chi connectivity index (χ1v) is 10.9. The van der Waals surface area contributed by atoms with Crippen molar-refractivity contribution in [2.45, 2.75) is 0 Å². The number of phenolic OH excluding ortho intramolecular Hbond substituents is 1. The maximum Gasteiger partial charge on any atom is 0.259 e. The molecular formula is C23H13BrCl3NO3. The number of hydrogen-bond acceptors (Lipinski definition) is 3. The molecule has 0 saturated heterocycles. The SMILES string of the molecule is O=C(Nc1cc(Cl)ccc1Oc1ccc2ccccc2c1Br)c1cc(Cl)cc(Cl)c1O. The Morgan fingerprint density at radius 2 is 1.65 bits per heavy atom. The van der Waals surface area contributed by atoms with Crippen LogP contribution < -0.4 is 10.1 Å². The number of rotatable bonds is 4. The number of anilines is 1. The molecule has 0 bridgehead atoms. The Bertz CT molecular complexity index is 1330. The lowest BCUT2D eigenvalue weighted by atomic mass is 10.1. The zero-order chi connectivity index (χ0) is 22.1. The van der Waals surface area contributed by atoms with Crippen LogP contribution in [-0.2, 0) is 0 Å². The number of ether oxygens (including phenoxy) is 1. The minimum Gasteiger partial charge on any atom is -0.506 e. The number of carbonyl (C=O) groups excluding carboxylic acids is 1. The van der Waals surface area contributed by atoms with Crippen LogP contribution in [0.15, 0.2) is 71.2 Å². The van der Waals surface area contributed by atoms with Crippen LogP contribution in [0.3, 0.4) is 0 Å². The van der Waals surface area contributed by atoms with Crippen LogP contribution in [0, 0.1) is 0 Å². The fraction of sp³-hybridized carbons (Fsp3) is 0. The Morgan fingerprint density at radius 3 is 2.45 bits per heavy atom. The number of phenols is 1. The van der Waals surface area contributed by atoms with Crippen molar-refractivity contribution in [2.75, 3.05) is 5.32 Å². The first-order valence-electron chi connectivity index (χ1n) is 8.97. The molecule has 4 aromatic rings. The predicted octanol–water partition coefficient (Wildman–Crippen LogP) is 8.31. The Labute approximate surface area is 201 Å². The molecule has 4 nitrogen and oxygen atoms in total. The number of fused-ring (bicyclic) bond motifs is 1. The molecular weight excluding hydrogens is 525 g/mol. The Hall–Kier alpha value is -2.44. The number of nitrogens with one attached hydrogen (secondary N) is 1. The molecule has 1 amide bonds. The molecule has 0 aliphatic rings. The number of halogens is 4. The third-order valence-corrected chi connectivity index (χ3v) is 6.07. The normalized spacial score (nSPS) is 10.8. The van der Waals surface area contributed by atoms with Crippen molar-refractivity contribution in [3.05, 3.63) is 91.8 Å². The molecule has 0 aliphatic carbocycles. The molecule has 8 heteroatoms. The van der Waals surface area contributed by atoms with Gasteiger partial charge in [0, 0.05) is 10.0 Å². The van der Waals surface area contributed by atoms with E-state index in [4.69, 9.17) is 39.5 Å². The lowest BCUT2D eigenvalue weighted by molar-refractivity contribution is 0.102. The minimum absolute atomic E-state index is 0.0275. The molecule has 0 fully saturated rings. The van der Waals surface area contributed by atoms with Crippen molar-refractivity contribution in [3.8, 4) is 17.2 Å². The maximum absolute atomic E-state index is 12.8. The van der Waals surface area contributed by atoms with Gasteiger partial charge < -0.3 is 15.2 Å². The lowest BCUT2D eigenvalue weighted by Crippen LogP contribution is -2.13. The minimum atomic E-state index is -0.619. The van der Waals surface area contributed by atoms with E-state index in [1.807, 2.05) is 36.4 Å². The van der Waals surface area contributed by atoms with Crippen molar-refractivity contribution in [1.82, 2.24) is 0 Å². The number of aromatic hydroxyl groups is 1. The molecule has 0 aromatic heterocycles. The van der Waals surface area contributed by atoms with Crippen molar-refractivity contribution in [1.29, 1.82) is 0 Å². The van der Waals surface area contributed by atoms with E-state index >= 15 is 0 Å². The van der Waals surface area contributed by atoms with Crippen LogP contribution in [0.4, 0.5) is 5.69 Å². The summed E-state index contributed by atoms with van der Waals surface area (Å²) < 4.78 is 6.86. The number of hydrogen-bond donors (Lipinski definition) is 2. The van der Waals surface area contributed by atoms with Crippen LogP contribution >= 0.6 is 50.7 Å². The van der Waals surface area contributed by atoms with Gasteiger partial charge in [0.2, 0.25) is 0 Å². The summed E-state index contributed by atoms with van der Waals surface area (Å²) in [4.78, 5) is 12.8. The summed E-state index contributed by atoms with van der Waals surface area (Å²) in [6.07, 6.45) is 0. The predicted molar refractivity (Wildman–Crippen MR) is 129 cm³/mol. The van der Waals surface area contributed by atoms with Gasteiger partial charge in [-0.25, -0.2) is 0 Å². The number of amides is 1. The maximum atomic E-state index is 12.8. The van der Waals surface area contributed by atoms with Gasteiger partial charge in [0.1, 0.15) is 11.5 Å². The van der Waals surface area contributed by atoms with E-state index in [9.17, 15) is 9.90 Å². The van der Waals surface area contributed by atoms with E-state index in [-0.39, 0.29) is 21.4 Å². The van der Waals surface area contributed by atoms with E-state index in [1.165, 1.54) is 12.1 Å². The van der Waals surface area contributed by atoms with Gasteiger partial charge >= 0.3 is 0 Å². The molecule has 2 N–H and O–H groups in total. The van der Waals surface area contributed by atoms with Crippen LogP contribution in [0.2, 0.25) is 15.1 Å². The fourth-order valence-electron chi connectivity index (χ4n) is 3.03. The van der Waals surface area contributed by atoms with Gasteiger partial charge in [-0.2, -0.15) is 0 Å². The first kappa shape index (κ1) is 21.8. The van der Waals surface area contributed by atoms with Crippen LogP contribution in [0.1, 0.15) is 10.4 Å². The van der Waals surface area contributed by atoms with E-state index in [1.54, 1.807) is 18.2 Å². The van der Waals surface area contributed by atoms with Crippen LogP contribution in [0.5, 0.6) is 17.2 Å². The zero-order valence-electron chi connectivity index (χ0n) is 15.6. The second-order valence-corrected chi connectivity index (χ2v) is 8.65. The lowest BCUT2D eigenvalue weighted by Gasteiger charge is -2.15. The van der Waals surface area contributed by atoms with Crippen molar-refractivity contribution in [3.63, 3.8) is 0 Å². The second-order valence-electron chi connectivity index (χ2n) is 6.58. The van der Waals surface area contributed by atoms with E-state index in [2.05, 4.69) is 21.2 Å². The Morgan fingerprint density at radius 1 is 0.903 bits per heavy atom. The quantitative estimate of drug-likeness (QED) is 0.275.